The second kappa shape index (κ2) is 7.03. The van der Waals surface area contributed by atoms with Gasteiger partial charge in [-0.1, -0.05) is 0 Å². The standard InChI is InChI=1S/C20H23N3O3/c24-18-12-23(11-15(18)9-13-5-7-21-8-6-13)20(26)16-10-14-3-1-2-4-17(14)22-19(16)25/h5-8,10,15,18,24H,1-4,9,11-12H2,(H,22,25)/t15-,18+/m1/s1. The molecule has 1 aliphatic heterocycles. The molecule has 0 saturated carbocycles. The van der Waals surface area contributed by atoms with E-state index >= 15 is 0 Å². The summed E-state index contributed by atoms with van der Waals surface area (Å²) >= 11 is 0. The molecule has 6 heteroatoms. The largest absolute Gasteiger partial charge is 0.391 e. The zero-order chi connectivity index (χ0) is 18.1. The highest BCUT2D eigenvalue weighted by Crippen LogP contribution is 2.24. The predicted octanol–water partition coefficient (Wildman–Crippen LogP) is 1.32. The number of carbonyl (C=O) groups is 1. The molecule has 136 valence electrons. The van der Waals surface area contributed by atoms with Crippen molar-refractivity contribution >= 4 is 5.91 Å². The van der Waals surface area contributed by atoms with E-state index in [0.29, 0.717) is 13.0 Å². The number of carbonyl (C=O) groups excluding carboxylic acids is 1. The van der Waals surface area contributed by atoms with Gasteiger partial charge in [-0.15, -0.1) is 0 Å². The topological polar surface area (TPSA) is 86.3 Å². The molecule has 2 aromatic heterocycles. The van der Waals surface area contributed by atoms with Crippen molar-refractivity contribution in [1.29, 1.82) is 0 Å². The van der Waals surface area contributed by atoms with Gasteiger partial charge in [0.15, 0.2) is 0 Å². The van der Waals surface area contributed by atoms with Gasteiger partial charge in [-0.25, -0.2) is 0 Å². The third-order valence-corrected chi connectivity index (χ3v) is 5.51. The van der Waals surface area contributed by atoms with Crippen LogP contribution in [-0.2, 0) is 19.3 Å². The van der Waals surface area contributed by atoms with Crippen LogP contribution >= 0.6 is 0 Å². The molecule has 2 aliphatic rings. The van der Waals surface area contributed by atoms with Gasteiger partial charge in [0.1, 0.15) is 5.56 Å². The number of amides is 1. The molecule has 1 aliphatic carbocycles. The van der Waals surface area contributed by atoms with E-state index in [4.69, 9.17) is 0 Å². The normalized spacial score (nSPS) is 22.3. The van der Waals surface area contributed by atoms with E-state index in [1.807, 2.05) is 12.1 Å². The third kappa shape index (κ3) is 3.29. The van der Waals surface area contributed by atoms with Gasteiger partial charge in [0.05, 0.1) is 6.10 Å². The zero-order valence-electron chi connectivity index (χ0n) is 14.6. The Hall–Kier alpha value is -2.47. The first-order chi connectivity index (χ1) is 12.6. The van der Waals surface area contributed by atoms with Crippen LogP contribution in [0.15, 0.2) is 35.4 Å². The first-order valence-corrected chi connectivity index (χ1v) is 9.23. The summed E-state index contributed by atoms with van der Waals surface area (Å²) < 4.78 is 0. The van der Waals surface area contributed by atoms with Crippen molar-refractivity contribution in [2.45, 2.75) is 38.2 Å². The van der Waals surface area contributed by atoms with E-state index in [2.05, 4.69) is 9.97 Å². The Kier molecular flexibility index (Phi) is 4.59. The van der Waals surface area contributed by atoms with Crippen LogP contribution in [0.4, 0.5) is 0 Å². The van der Waals surface area contributed by atoms with Crippen LogP contribution in [-0.4, -0.2) is 45.1 Å². The van der Waals surface area contributed by atoms with E-state index in [0.717, 1.165) is 42.5 Å². The molecule has 2 N–H and O–H groups in total. The highest BCUT2D eigenvalue weighted by Gasteiger charge is 2.35. The number of hydrogen-bond acceptors (Lipinski definition) is 4. The summed E-state index contributed by atoms with van der Waals surface area (Å²) in [5.41, 5.74) is 3.01. The Labute approximate surface area is 151 Å². The maximum atomic E-state index is 12.9. The van der Waals surface area contributed by atoms with Crippen LogP contribution < -0.4 is 5.56 Å². The first kappa shape index (κ1) is 17.0. The highest BCUT2D eigenvalue weighted by molar-refractivity contribution is 5.94. The number of aliphatic hydroxyl groups excluding tert-OH is 1. The molecule has 2 aromatic rings. The Balaban J connectivity index is 1.51. The highest BCUT2D eigenvalue weighted by atomic mass is 16.3. The summed E-state index contributed by atoms with van der Waals surface area (Å²) in [5, 5.41) is 10.4. The third-order valence-electron chi connectivity index (χ3n) is 5.51. The number of nitrogens with one attached hydrogen (secondary N) is 1. The van der Waals surface area contributed by atoms with Gasteiger partial charge >= 0.3 is 0 Å². The van der Waals surface area contributed by atoms with Gasteiger partial charge in [-0.2, -0.15) is 0 Å². The molecule has 1 amide bonds. The van der Waals surface area contributed by atoms with Gasteiger partial charge in [0.25, 0.3) is 11.5 Å². The number of pyridine rings is 2. The molecule has 1 fully saturated rings. The van der Waals surface area contributed by atoms with E-state index < -0.39 is 6.10 Å². The van der Waals surface area contributed by atoms with Crippen LogP contribution in [0.3, 0.4) is 0 Å². The number of fused-ring (bicyclic) bond motifs is 1. The summed E-state index contributed by atoms with van der Waals surface area (Å²) in [5.74, 6) is -0.311. The van der Waals surface area contributed by atoms with Gasteiger partial charge < -0.3 is 15.0 Å². The number of β-amino-alcohol motifs (C(OH)–C–C–N with tert-alkyl or cyclic N) is 1. The fraction of sp³-hybridized carbons (Fsp3) is 0.450. The Morgan fingerprint density at radius 3 is 2.81 bits per heavy atom. The second-order valence-corrected chi connectivity index (χ2v) is 7.32. The molecule has 2 atom stereocenters. The van der Waals surface area contributed by atoms with Gasteiger partial charge in [0, 0.05) is 37.1 Å². The molecule has 0 unspecified atom stereocenters. The lowest BCUT2D eigenvalue weighted by atomic mass is 9.95. The average Bonchev–Trinajstić information content (AvgIpc) is 3.02. The van der Waals surface area contributed by atoms with Crippen molar-refractivity contribution in [3.8, 4) is 0 Å². The number of hydrogen-bond donors (Lipinski definition) is 2. The van der Waals surface area contributed by atoms with Crippen molar-refractivity contribution in [3.05, 3.63) is 63.3 Å². The first-order valence-electron chi connectivity index (χ1n) is 9.23. The zero-order valence-corrected chi connectivity index (χ0v) is 14.6. The number of likely N-dealkylation sites (tertiary alicyclic amines) is 1. The summed E-state index contributed by atoms with van der Waals surface area (Å²) in [6, 6.07) is 5.61. The Morgan fingerprint density at radius 1 is 1.23 bits per heavy atom. The molecule has 0 bridgehead atoms. The second-order valence-electron chi connectivity index (χ2n) is 7.32. The lowest BCUT2D eigenvalue weighted by Crippen LogP contribution is -2.34. The number of aryl methyl sites for hydroxylation is 2. The molecule has 0 aromatic carbocycles. The number of rotatable bonds is 3. The lowest BCUT2D eigenvalue weighted by molar-refractivity contribution is 0.0762. The number of aromatic amines is 1. The minimum Gasteiger partial charge on any atom is -0.391 e. The van der Waals surface area contributed by atoms with Crippen molar-refractivity contribution in [1.82, 2.24) is 14.9 Å². The van der Waals surface area contributed by atoms with E-state index in [1.54, 1.807) is 23.4 Å². The molecule has 6 nitrogen and oxygen atoms in total. The van der Waals surface area contributed by atoms with E-state index in [9.17, 15) is 14.7 Å². The SMILES string of the molecule is O=C(c1cc2c([nH]c1=O)CCCC2)N1C[C@@H](Cc2ccncc2)[C@@H](O)C1. The van der Waals surface area contributed by atoms with E-state index in [1.165, 1.54) is 0 Å². The Morgan fingerprint density at radius 2 is 2.00 bits per heavy atom. The summed E-state index contributed by atoms with van der Waals surface area (Å²) in [6.45, 7) is 0.726. The molecule has 0 radical (unpaired) electrons. The number of aromatic nitrogens is 2. The van der Waals surface area contributed by atoms with Gasteiger partial charge in [-0.3, -0.25) is 14.6 Å². The van der Waals surface area contributed by atoms with Crippen LogP contribution in [0.5, 0.6) is 0 Å². The Bertz CT molecular complexity index is 862. The number of nitrogens with zero attached hydrogens (tertiary/aromatic N) is 2. The quantitative estimate of drug-likeness (QED) is 0.871. The fourth-order valence-corrected chi connectivity index (χ4v) is 4.05. The number of aliphatic hydroxyl groups is 1. The fourth-order valence-electron chi connectivity index (χ4n) is 4.05. The minimum atomic E-state index is -0.580. The number of H-pyrrole nitrogens is 1. The molecule has 3 heterocycles. The summed E-state index contributed by atoms with van der Waals surface area (Å²) in [4.78, 5) is 33.8. The minimum absolute atomic E-state index is 0.0296. The van der Waals surface area contributed by atoms with Crippen molar-refractivity contribution in [2.24, 2.45) is 5.92 Å². The molecular formula is C20H23N3O3. The maximum Gasteiger partial charge on any atom is 0.261 e. The molecular weight excluding hydrogens is 330 g/mol. The van der Waals surface area contributed by atoms with Crippen LogP contribution in [0.25, 0.3) is 0 Å². The molecule has 26 heavy (non-hydrogen) atoms. The monoisotopic (exact) mass is 353 g/mol. The predicted molar refractivity (Wildman–Crippen MR) is 97.0 cm³/mol. The molecule has 1 saturated heterocycles. The van der Waals surface area contributed by atoms with Crippen LogP contribution in [0, 0.1) is 5.92 Å². The maximum absolute atomic E-state index is 12.9. The van der Waals surface area contributed by atoms with Crippen LogP contribution in [0.1, 0.15) is 40.0 Å². The molecule has 0 spiro atoms. The smallest absolute Gasteiger partial charge is 0.261 e. The van der Waals surface area contributed by atoms with E-state index in [-0.39, 0.29) is 29.5 Å². The van der Waals surface area contributed by atoms with Gasteiger partial charge in [-0.05, 0) is 61.4 Å². The lowest BCUT2D eigenvalue weighted by Gasteiger charge is -2.19. The summed E-state index contributed by atoms with van der Waals surface area (Å²) in [6.07, 6.45) is 7.50. The molecule has 4 rings (SSSR count). The van der Waals surface area contributed by atoms with Crippen molar-refractivity contribution < 1.29 is 9.90 Å². The summed E-state index contributed by atoms with van der Waals surface area (Å²) in [7, 11) is 0. The average molecular weight is 353 g/mol. The van der Waals surface area contributed by atoms with Crippen LogP contribution in [0.2, 0.25) is 0 Å². The van der Waals surface area contributed by atoms with Crippen molar-refractivity contribution in [3.63, 3.8) is 0 Å². The van der Waals surface area contributed by atoms with Gasteiger partial charge in [0.2, 0.25) is 0 Å². The van der Waals surface area contributed by atoms with Crippen molar-refractivity contribution in [2.75, 3.05) is 13.1 Å².